The maximum Gasteiger partial charge on any atom is 0.247 e. The number of piperidine rings is 1. The number of benzene rings is 1. The van der Waals surface area contributed by atoms with Crippen LogP contribution in [-0.2, 0) is 0 Å². The number of aromatic nitrogens is 4. The van der Waals surface area contributed by atoms with Gasteiger partial charge in [-0.1, -0.05) is 11.6 Å². The molecule has 3 aliphatic rings. The van der Waals surface area contributed by atoms with Crippen molar-refractivity contribution in [3.8, 4) is 12.1 Å². The number of rotatable bonds is 8. The number of alkyl halides is 1. The van der Waals surface area contributed by atoms with Crippen LogP contribution >= 0.6 is 11.6 Å². The molecular weight excluding hydrogens is 523 g/mol. The van der Waals surface area contributed by atoms with Crippen molar-refractivity contribution in [2.45, 2.75) is 43.9 Å². The van der Waals surface area contributed by atoms with Crippen LogP contribution in [0.5, 0.6) is 0 Å². The zero-order valence-electron chi connectivity index (χ0n) is 21.2. The van der Waals surface area contributed by atoms with Crippen LogP contribution in [0.2, 0.25) is 5.02 Å². The van der Waals surface area contributed by atoms with Gasteiger partial charge < -0.3 is 20.6 Å². The average Bonchev–Trinajstić information content (AvgIpc) is 3.53. The van der Waals surface area contributed by atoms with Crippen LogP contribution in [0.1, 0.15) is 36.9 Å². The SMILES string of the molecule is N#Cc1cc(Nc2nc(NC3CC3)c3ncc(C#N)n3n2)c(Cl)c(N2CCC3C(CCN3C[C@H](O)CF)C2)c1. The molecule has 0 spiro atoms. The van der Waals surface area contributed by atoms with E-state index < -0.39 is 12.8 Å². The Bertz CT molecular complexity index is 1480. The zero-order valence-corrected chi connectivity index (χ0v) is 21.9. The summed E-state index contributed by atoms with van der Waals surface area (Å²) in [6, 6.07) is 8.38. The first-order valence-electron chi connectivity index (χ1n) is 13.1. The molecule has 3 N–H and O–H groups in total. The lowest BCUT2D eigenvalue weighted by atomic mass is 9.92. The molecule has 0 amide bonds. The fraction of sp³-hybridized carbons (Fsp3) is 0.500. The van der Waals surface area contributed by atoms with Crippen molar-refractivity contribution < 1.29 is 9.50 Å². The minimum atomic E-state index is -0.954. The quantitative estimate of drug-likeness (QED) is 0.383. The largest absolute Gasteiger partial charge is 0.389 e. The molecule has 6 rings (SSSR count). The summed E-state index contributed by atoms with van der Waals surface area (Å²) >= 11 is 6.93. The van der Waals surface area contributed by atoms with Gasteiger partial charge >= 0.3 is 0 Å². The summed E-state index contributed by atoms with van der Waals surface area (Å²) in [6.45, 7) is 1.91. The first-order valence-corrected chi connectivity index (χ1v) is 13.5. The molecular formula is C26H28ClFN10O. The molecule has 1 aromatic carbocycles. The fourth-order valence-electron chi connectivity index (χ4n) is 5.69. The van der Waals surface area contributed by atoms with Gasteiger partial charge in [0.2, 0.25) is 5.95 Å². The van der Waals surface area contributed by atoms with Crippen LogP contribution in [0.3, 0.4) is 0 Å². The van der Waals surface area contributed by atoms with E-state index in [2.05, 4.69) is 47.6 Å². The van der Waals surface area contributed by atoms with Crippen molar-refractivity contribution in [2.75, 3.05) is 48.4 Å². The Morgan fingerprint density at radius 2 is 2.03 bits per heavy atom. The number of halogens is 2. The van der Waals surface area contributed by atoms with Gasteiger partial charge in [0.25, 0.3) is 0 Å². The van der Waals surface area contributed by atoms with Gasteiger partial charge in [0.15, 0.2) is 17.2 Å². The van der Waals surface area contributed by atoms with E-state index in [0.717, 1.165) is 51.0 Å². The zero-order chi connectivity index (χ0) is 27.1. The third-order valence-electron chi connectivity index (χ3n) is 7.74. The summed E-state index contributed by atoms with van der Waals surface area (Å²) in [4.78, 5) is 13.3. The van der Waals surface area contributed by atoms with Crippen molar-refractivity contribution >= 4 is 40.4 Å². The summed E-state index contributed by atoms with van der Waals surface area (Å²) < 4.78 is 14.3. The fourth-order valence-corrected chi connectivity index (χ4v) is 5.97. The van der Waals surface area contributed by atoms with E-state index in [1.54, 1.807) is 12.1 Å². The van der Waals surface area contributed by atoms with Crippen molar-refractivity contribution in [1.29, 1.82) is 10.5 Å². The normalized spacial score (nSPS) is 21.8. The van der Waals surface area contributed by atoms with E-state index in [1.807, 2.05) is 0 Å². The van der Waals surface area contributed by atoms with E-state index in [0.29, 0.717) is 52.3 Å². The lowest BCUT2D eigenvalue weighted by molar-refractivity contribution is 0.0756. The summed E-state index contributed by atoms with van der Waals surface area (Å²) in [7, 11) is 0. The number of likely N-dealkylation sites (tertiary alicyclic amines) is 1. The second kappa shape index (κ2) is 10.5. The van der Waals surface area contributed by atoms with Gasteiger partial charge in [-0.15, -0.1) is 5.10 Å². The molecule has 0 bridgehead atoms. The summed E-state index contributed by atoms with van der Waals surface area (Å²) in [5, 5.41) is 40.5. The molecule has 4 heterocycles. The second-order valence-electron chi connectivity index (χ2n) is 10.4. The third kappa shape index (κ3) is 5.03. The number of β-amino-alcohol motifs (C(OH)–C–C–N with tert-alkyl or cyclic N) is 1. The maximum atomic E-state index is 12.9. The third-order valence-corrected chi connectivity index (χ3v) is 8.14. The molecule has 2 aromatic heterocycles. The van der Waals surface area contributed by atoms with Crippen LogP contribution in [0.25, 0.3) is 5.65 Å². The van der Waals surface area contributed by atoms with Crippen molar-refractivity contribution in [1.82, 2.24) is 24.5 Å². The van der Waals surface area contributed by atoms with E-state index in [9.17, 15) is 20.0 Å². The maximum absolute atomic E-state index is 12.9. The van der Waals surface area contributed by atoms with E-state index in [4.69, 9.17) is 11.6 Å². The van der Waals surface area contributed by atoms with E-state index >= 15 is 0 Å². The standard InChI is InChI=1S/C26H28ClFN10O/c27-23-20(33-26-34-24(32-17-1-2-17)25-31-12-18(11-30)38(25)35-26)7-15(10-29)8-22(23)36-6-4-21-16(13-36)3-5-37(21)14-19(39)9-28/h7-8,12,16-17,19,21,39H,1-6,9,13-14H2,(H2,32,33,34,35)/t16?,19-,21?/m1/s1. The van der Waals surface area contributed by atoms with Gasteiger partial charge in [-0.05, 0) is 50.3 Å². The molecule has 1 saturated carbocycles. The number of hydrogen-bond donors (Lipinski definition) is 3. The topological polar surface area (TPSA) is 141 Å². The van der Waals surface area contributed by atoms with E-state index in [1.165, 1.54) is 10.7 Å². The number of nitrogens with one attached hydrogen (secondary N) is 2. The molecule has 202 valence electrons. The summed E-state index contributed by atoms with van der Waals surface area (Å²) in [5.74, 6) is 1.10. The predicted octanol–water partition coefficient (Wildman–Crippen LogP) is 3.07. The summed E-state index contributed by atoms with van der Waals surface area (Å²) in [6.07, 6.45) is 4.39. The average molecular weight is 551 g/mol. The molecule has 0 radical (unpaired) electrons. The smallest absolute Gasteiger partial charge is 0.247 e. The molecule has 39 heavy (non-hydrogen) atoms. The number of aliphatic hydroxyl groups is 1. The van der Waals surface area contributed by atoms with Crippen LogP contribution in [0.15, 0.2) is 18.3 Å². The van der Waals surface area contributed by atoms with Gasteiger partial charge in [-0.2, -0.15) is 20.0 Å². The number of aliphatic hydroxyl groups excluding tert-OH is 1. The Kier molecular flexibility index (Phi) is 6.85. The van der Waals surface area contributed by atoms with E-state index in [-0.39, 0.29) is 11.6 Å². The monoisotopic (exact) mass is 550 g/mol. The highest BCUT2D eigenvalue weighted by molar-refractivity contribution is 6.36. The Morgan fingerprint density at radius 1 is 1.18 bits per heavy atom. The number of hydrogen-bond acceptors (Lipinski definition) is 10. The van der Waals surface area contributed by atoms with Crippen LogP contribution in [0.4, 0.5) is 27.5 Å². The lowest BCUT2D eigenvalue weighted by Crippen LogP contribution is -2.47. The van der Waals surface area contributed by atoms with Crippen molar-refractivity contribution in [2.24, 2.45) is 5.92 Å². The summed E-state index contributed by atoms with van der Waals surface area (Å²) in [5.41, 5.74) is 2.42. The van der Waals surface area contributed by atoms with Gasteiger partial charge in [-0.3, -0.25) is 4.90 Å². The molecule has 3 fully saturated rings. The second-order valence-corrected chi connectivity index (χ2v) is 10.8. The highest BCUT2D eigenvalue weighted by Crippen LogP contribution is 2.40. The molecule has 3 aromatic rings. The Labute approximate surface area is 229 Å². The van der Waals surface area contributed by atoms with Gasteiger partial charge in [-0.25, -0.2) is 9.37 Å². The first kappa shape index (κ1) is 25.6. The van der Waals surface area contributed by atoms with Gasteiger partial charge in [0.05, 0.1) is 40.3 Å². The number of nitrogens with zero attached hydrogens (tertiary/aromatic N) is 8. The van der Waals surface area contributed by atoms with Crippen LogP contribution < -0.4 is 15.5 Å². The number of anilines is 4. The molecule has 2 unspecified atom stereocenters. The molecule has 2 saturated heterocycles. The van der Waals surface area contributed by atoms with Crippen molar-refractivity contribution in [3.05, 3.63) is 34.6 Å². The Balaban J connectivity index is 1.28. The minimum Gasteiger partial charge on any atom is -0.389 e. The minimum absolute atomic E-state index is 0.222. The highest BCUT2D eigenvalue weighted by atomic mass is 35.5. The first-order chi connectivity index (χ1) is 19.0. The predicted molar refractivity (Wildman–Crippen MR) is 144 cm³/mol. The molecule has 2 aliphatic heterocycles. The lowest BCUT2D eigenvalue weighted by Gasteiger charge is -2.40. The number of nitriles is 2. The molecule has 3 atom stereocenters. The molecule has 1 aliphatic carbocycles. The Morgan fingerprint density at radius 3 is 2.77 bits per heavy atom. The van der Waals surface area contributed by atoms with Crippen LogP contribution in [0, 0.1) is 28.6 Å². The van der Waals surface area contributed by atoms with Gasteiger partial charge in [0, 0.05) is 31.7 Å². The number of fused-ring (bicyclic) bond motifs is 2. The molecule has 11 nitrogen and oxygen atoms in total. The highest BCUT2D eigenvalue weighted by Gasteiger charge is 2.39. The molecule has 13 heteroatoms. The van der Waals surface area contributed by atoms with Crippen molar-refractivity contribution in [3.63, 3.8) is 0 Å². The van der Waals surface area contributed by atoms with Crippen LogP contribution in [-0.4, -0.2) is 80.6 Å². The number of imidazole rings is 1. The Hall–Kier alpha value is -3.71. The van der Waals surface area contributed by atoms with Gasteiger partial charge in [0.1, 0.15) is 12.7 Å².